The predicted molar refractivity (Wildman–Crippen MR) is 216 cm³/mol. The minimum atomic E-state index is -1.63. The molecule has 26 heteroatoms. The third-order valence-corrected chi connectivity index (χ3v) is 12.8. The fourth-order valence-corrected chi connectivity index (χ4v) is 8.66. The van der Waals surface area contributed by atoms with Gasteiger partial charge in [0.2, 0.25) is 11.8 Å². The third kappa shape index (κ3) is 17.1. The molecule has 350 valence electrons. The second kappa shape index (κ2) is 28.5. The van der Waals surface area contributed by atoms with Gasteiger partial charge >= 0.3 is 0 Å². The molecule has 0 aromatic carbocycles. The number of carbonyl (C=O) groups is 2. The molecule has 2 amide bonds. The van der Waals surface area contributed by atoms with E-state index in [1.807, 2.05) is 5.43 Å². The number of aliphatic hydroxyl groups is 10. The topological polar surface area (TPSA) is 378 Å². The van der Waals surface area contributed by atoms with Crippen LogP contribution in [0.5, 0.6) is 0 Å². The van der Waals surface area contributed by atoms with Gasteiger partial charge in [0.25, 0.3) is 0 Å². The number of hydrogen-bond acceptors (Lipinski definition) is 23. The Hall–Kier alpha value is -1.22. The van der Waals surface area contributed by atoms with Gasteiger partial charge in [0.1, 0.15) is 84.5 Å². The Bertz CT molecular complexity index is 1260. The van der Waals surface area contributed by atoms with Crippen LogP contribution in [0.3, 0.4) is 0 Å². The Morgan fingerprint density at radius 3 is 1.82 bits per heavy atom. The fourth-order valence-electron chi connectivity index (χ4n) is 6.11. The van der Waals surface area contributed by atoms with Crippen molar-refractivity contribution in [3.8, 4) is 0 Å². The van der Waals surface area contributed by atoms with Crippen molar-refractivity contribution in [3.05, 3.63) is 0 Å². The molecule has 0 spiro atoms. The largest absolute Gasteiger partial charge is 0.394 e. The number of rotatable bonds is 27. The van der Waals surface area contributed by atoms with Gasteiger partial charge in [-0.05, 0) is 24.3 Å². The smallest absolute Gasteiger partial charge is 0.234 e. The Labute approximate surface area is 360 Å². The summed E-state index contributed by atoms with van der Waals surface area (Å²) in [5.74, 6) is 7.02. The van der Waals surface area contributed by atoms with Crippen molar-refractivity contribution in [2.75, 3.05) is 74.9 Å². The summed E-state index contributed by atoms with van der Waals surface area (Å²) in [5, 5.41) is 116. The van der Waals surface area contributed by atoms with E-state index in [0.29, 0.717) is 48.9 Å². The van der Waals surface area contributed by atoms with Gasteiger partial charge < -0.3 is 90.1 Å². The molecule has 3 aliphatic rings. The fraction of sp³-hybridized carbons (Fsp3) is 0.912. The number of thioether (sulfide) groups is 3. The molecule has 0 saturated carbocycles. The summed E-state index contributed by atoms with van der Waals surface area (Å²) in [6.45, 7) is -0.560. The Morgan fingerprint density at radius 1 is 0.633 bits per heavy atom. The number of amidine groups is 1. The first-order chi connectivity index (χ1) is 28.7. The van der Waals surface area contributed by atoms with Crippen molar-refractivity contribution in [3.63, 3.8) is 0 Å². The molecule has 60 heavy (non-hydrogen) atoms. The van der Waals surface area contributed by atoms with Crippen molar-refractivity contribution >= 4 is 52.9 Å². The number of nitrogens with two attached hydrogens (primary N) is 1. The van der Waals surface area contributed by atoms with Crippen molar-refractivity contribution in [2.24, 2.45) is 5.84 Å². The second-order valence-electron chi connectivity index (χ2n) is 14.0. The summed E-state index contributed by atoms with van der Waals surface area (Å²) < 4.78 is 33.8. The maximum atomic E-state index is 11.7. The third-order valence-electron chi connectivity index (χ3n) is 9.53. The summed E-state index contributed by atoms with van der Waals surface area (Å²) >= 11 is 4.12. The first-order valence-electron chi connectivity index (χ1n) is 19.6. The molecule has 16 N–H and O–H groups in total. The minimum Gasteiger partial charge on any atom is -0.394 e. The lowest BCUT2D eigenvalue weighted by Gasteiger charge is -2.43. The number of hydrazine groups is 1. The lowest BCUT2D eigenvalue weighted by atomic mass is 9.98. The zero-order chi connectivity index (χ0) is 44.2. The number of ether oxygens (including phenoxy) is 6. The molecule has 3 fully saturated rings. The van der Waals surface area contributed by atoms with E-state index in [-0.39, 0.29) is 43.6 Å². The molecule has 0 bridgehead atoms. The highest BCUT2D eigenvalue weighted by molar-refractivity contribution is 8.00. The van der Waals surface area contributed by atoms with Crippen LogP contribution in [0.4, 0.5) is 0 Å². The highest BCUT2D eigenvalue weighted by atomic mass is 32.2. The molecule has 3 rings (SSSR count). The van der Waals surface area contributed by atoms with Gasteiger partial charge in [-0.15, -0.1) is 11.8 Å². The van der Waals surface area contributed by atoms with Crippen LogP contribution in [0.1, 0.15) is 25.7 Å². The van der Waals surface area contributed by atoms with E-state index in [4.69, 9.17) is 39.7 Å². The maximum absolute atomic E-state index is 11.7. The minimum absolute atomic E-state index is 0.00695. The second-order valence-corrected chi connectivity index (χ2v) is 17.6. The molecule has 0 aromatic rings. The number of hydrogen-bond donors (Lipinski definition) is 15. The van der Waals surface area contributed by atoms with Gasteiger partial charge in [-0.25, -0.2) is 5.84 Å². The molecular weight excluding hydrogens is 863 g/mol. The van der Waals surface area contributed by atoms with Gasteiger partial charge in [-0.2, -0.15) is 23.5 Å². The van der Waals surface area contributed by atoms with Crippen molar-refractivity contribution in [2.45, 2.75) is 117 Å². The van der Waals surface area contributed by atoms with E-state index in [1.54, 1.807) is 11.8 Å². The molecule has 3 aliphatic heterocycles. The van der Waals surface area contributed by atoms with Crippen LogP contribution in [0, 0.1) is 5.41 Å². The number of amides is 2. The summed E-state index contributed by atoms with van der Waals surface area (Å²) in [6.07, 6.45) is -18.4. The van der Waals surface area contributed by atoms with E-state index in [2.05, 4.69) is 10.6 Å². The van der Waals surface area contributed by atoms with Crippen molar-refractivity contribution < 1.29 is 89.1 Å². The Kier molecular flexibility index (Phi) is 25.3. The van der Waals surface area contributed by atoms with Crippen molar-refractivity contribution in [1.82, 2.24) is 16.1 Å². The zero-order valence-electron chi connectivity index (χ0n) is 33.0. The monoisotopic (exact) mass is 925 g/mol. The first kappa shape index (κ1) is 53.1. The van der Waals surface area contributed by atoms with E-state index in [0.717, 1.165) is 11.8 Å². The summed E-state index contributed by atoms with van der Waals surface area (Å²) in [6, 6.07) is 0. The van der Waals surface area contributed by atoms with E-state index in [1.165, 1.54) is 11.8 Å². The number of aliphatic hydroxyl groups excluding tert-OH is 10. The van der Waals surface area contributed by atoms with Crippen molar-refractivity contribution in [1.29, 1.82) is 5.41 Å². The number of carbonyl (C=O) groups excluding carboxylic acids is 2. The Morgan fingerprint density at radius 2 is 1.18 bits per heavy atom. The maximum Gasteiger partial charge on any atom is 0.234 e. The molecule has 0 aromatic heterocycles. The molecule has 3 saturated heterocycles. The molecule has 23 nitrogen and oxygen atoms in total. The summed E-state index contributed by atoms with van der Waals surface area (Å²) in [4.78, 5) is 22.8. The highest BCUT2D eigenvalue weighted by Gasteiger charge is 2.49. The van der Waals surface area contributed by atoms with Gasteiger partial charge in [0.15, 0.2) is 12.6 Å². The van der Waals surface area contributed by atoms with Crippen LogP contribution < -0.4 is 21.9 Å². The number of nitrogens with one attached hydrogen (secondary N) is 4. The first-order valence-corrected chi connectivity index (χ1v) is 22.9. The van der Waals surface area contributed by atoms with Crippen LogP contribution in [0.2, 0.25) is 0 Å². The lowest BCUT2D eigenvalue weighted by molar-refractivity contribution is -0.333. The SMILES string of the molecule is N=C(CSC1OC(CO)C(O)C(O)C1O)NCCSCCCOC1C(OCC2OC(O)C(OCCCSCCNC(=O)CCC(=O)NN)C(O)C2O)OC(CO)C(O)C1O. The molecule has 0 aliphatic carbocycles. The quantitative estimate of drug-likeness (QED) is 0.00910. The molecule has 15 unspecified atom stereocenters. The van der Waals surface area contributed by atoms with Crippen LogP contribution in [0.15, 0.2) is 0 Å². The van der Waals surface area contributed by atoms with Gasteiger partial charge in [-0.1, -0.05) is 0 Å². The van der Waals surface area contributed by atoms with Gasteiger partial charge in [-0.3, -0.25) is 20.4 Å². The van der Waals surface area contributed by atoms with E-state index < -0.39 is 117 Å². The lowest BCUT2D eigenvalue weighted by Crippen LogP contribution is -2.62. The Balaban J connectivity index is 1.32. The predicted octanol–water partition coefficient (Wildman–Crippen LogP) is -6.12. The molecule has 15 atom stereocenters. The van der Waals surface area contributed by atoms with Crippen LogP contribution in [0.25, 0.3) is 0 Å². The standard InChI is InChI=1S/C34H63N5O18S3/c35-20(16-60-34-29(50)26(47)23(44)18(14-41)57-34)37-5-11-58-10-2-8-53-31-28(49)24(45)17(13-40)56-33(31)54-15-19-25(46)27(48)30(32(51)55-19)52-7-1-9-59-12-6-38-21(42)3-4-22(43)39-36/h17-19,23-34,40-41,44-51H,1-16,36H2,(H2,35,37)(H,38,42)(H,39,43). The molecular formula is C34H63N5O18S3. The van der Waals surface area contributed by atoms with Gasteiger partial charge in [0, 0.05) is 50.7 Å². The summed E-state index contributed by atoms with van der Waals surface area (Å²) in [5.41, 5.74) is 1.02. The van der Waals surface area contributed by atoms with Crippen LogP contribution >= 0.6 is 35.3 Å². The van der Waals surface area contributed by atoms with E-state index in [9.17, 15) is 60.7 Å². The molecule has 3 heterocycles. The normalized spacial score (nSPS) is 34.5. The van der Waals surface area contributed by atoms with E-state index >= 15 is 0 Å². The summed E-state index contributed by atoms with van der Waals surface area (Å²) in [7, 11) is 0. The molecule has 0 radical (unpaired) electrons. The average Bonchev–Trinajstić information content (AvgIpc) is 3.24. The average molecular weight is 926 g/mol. The van der Waals surface area contributed by atoms with Crippen LogP contribution in [-0.2, 0) is 38.0 Å². The van der Waals surface area contributed by atoms with Gasteiger partial charge in [0.05, 0.1) is 25.6 Å². The van der Waals surface area contributed by atoms with Crippen LogP contribution in [-0.4, -0.2) is 235 Å². The highest BCUT2D eigenvalue weighted by Crippen LogP contribution is 2.29. The zero-order valence-corrected chi connectivity index (χ0v) is 35.5.